The molecule has 0 heterocycles. The molecule has 0 radical (unpaired) electrons. The lowest BCUT2D eigenvalue weighted by Crippen LogP contribution is -2.14. The van der Waals surface area contributed by atoms with Crippen molar-refractivity contribution in [3.8, 4) is 34.1 Å². The van der Waals surface area contributed by atoms with E-state index in [-0.39, 0.29) is 10.9 Å². The average Bonchev–Trinajstić information content (AvgIpc) is 2.86. The molecule has 0 saturated carbocycles. The summed E-state index contributed by atoms with van der Waals surface area (Å²) in [6, 6.07) is 10.8. The molecule has 0 fully saturated rings. The first-order chi connectivity index (χ1) is 16.5. The van der Waals surface area contributed by atoms with Crippen LogP contribution in [0, 0.1) is 0 Å². The van der Waals surface area contributed by atoms with Crippen LogP contribution in [0.15, 0.2) is 46.0 Å². The molecule has 0 bridgehead atoms. The van der Waals surface area contributed by atoms with Crippen molar-refractivity contribution in [2.24, 2.45) is 0 Å². The molecule has 6 heteroatoms. The van der Waals surface area contributed by atoms with Crippen LogP contribution in [-0.2, 0) is 0 Å². The summed E-state index contributed by atoms with van der Waals surface area (Å²) in [4.78, 5) is 27.8. The Hall–Kier alpha value is -4.06. The number of hydrogen-bond donors (Lipinski definition) is 0. The molecular formula is C28H22O6. The fraction of sp³-hybridized carbons (Fsp3) is 0.214. The second-order valence-corrected chi connectivity index (χ2v) is 8.31. The molecule has 0 atom stereocenters. The quantitative estimate of drug-likeness (QED) is 0.253. The van der Waals surface area contributed by atoms with Gasteiger partial charge in [-0.1, -0.05) is 0 Å². The van der Waals surface area contributed by atoms with E-state index < -0.39 is 0 Å². The monoisotopic (exact) mass is 454 g/mol. The van der Waals surface area contributed by atoms with Gasteiger partial charge in [0, 0.05) is 54.2 Å². The zero-order valence-electron chi connectivity index (χ0n) is 19.3. The first-order valence-electron chi connectivity index (χ1n) is 11.2. The second kappa shape index (κ2) is 7.22. The smallest absolute Gasteiger partial charge is 0.194 e. The van der Waals surface area contributed by atoms with E-state index in [4.69, 9.17) is 18.9 Å². The molecule has 4 aromatic rings. The fourth-order valence-corrected chi connectivity index (χ4v) is 5.30. The van der Waals surface area contributed by atoms with Crippen molar-refractivity contribution >= 4 is 43.1 Å². The Morgan fingerprint density at radius 3 is 1.29 bits per heavy atom. The summed E-state index contributed by atoms with van der Waals surface area (Å²) in [6.07, 6.45) is 0. The topological polar surface area (TPSA) is 71.1 Å². The minimum atomic E-state index is -0.134. The van der Waals surface area contributed by atoms with Gasteiger partial charge in [-0.2, -0.15) is 0 Å². The van der Waals surface area contributed by atoms with Crippen LogP contribution < -0.4 is 29.8 Å². The van der Waals surface area contributed by atoms with Crippen LogP contribution in [0.25, 0.3) is 54.2 Å². The van der Waals surface area contributed by atoms with Gasteiger partial charge in [0.25, 0.3) is 0 Å². The Morgan fingerprint density at radius 2 is 0.941 bits per heavy atom. The number of rotatable bonds is 6. The predicted octanol–water partition coefficient (Wildman–Crippen LogP) is 5.25. The van der Waals surface area contributed by atoms with Crippen LogP contribution in [0.5, 0.6) is 23.0 Å². The summed E-state index contributed by atoms with van der Waals surface area (Å²) >= 11 is 0. The first kappa shape index (κ1) is 20.5. The second-order valence-electron chi connectivity index (χ2n) is 8.31. The molecule has 170 valence electrons. The van der Waals surface area contributed by atoms with E-state index in [1.807, 2.05) is 26.0 Å². The molecule has 0 N–H and O–H groups in total. The zero-order chi connectivity index (χ0) is 23.7. The molecule has 0 unspecified atom stereocenters. The predicted molar refractivity (Wildman–Crippen MR) is 135 cm³/mol. The molecule has 6 rings (SSSR count). The van der Waals surface area contributed by atoms with Gasteiger partial charge in [0.1, 0.15) is 23.0 Å². The van der Waals surface area contributed by atoms with Gasteiger partial charge in [-0.05, 0) is 50.2 Å². The van der Waals surface area contributed by atoms with Crippen molar-refractivity contribution in [1.82, 2.24) is 0 Å². The Morgan fingerprint density at radius 1 is 0.559 bits per heavy atom. The minimum Gasteiger partial charge on any atom is -0.497 e. The van der Waals surface area contributed by atoms with E-state index in [2.05, 4.69) is 0 Å². The number of benzene rings is 6. The molecule has 34 heavy (non-hydrogen) atoms. The van der Waals surface area contributed by atoms with Crippen LogP contribution in [0.2, 0.25) is 0 Å². The molecule has 4 aromatic carbocycles. The van der Waals surface area contributed by atoms with Crippen molar-refractivity contribution in [1.29, 1.82) is 0 Å². The Kier molecular flexibility index (Phi) is 4.36. The summed E-state index contributed by atoms with van der Waals surface area (Å²) in [6.45, 7) is 4.62. The molecule has 0 aromatic heterocycles. The minimum absolute atomic E-state index is 0.134. The Labute approximate surface area is 194 Å². The third-order valence-corrected chi connectivity index (χ3v) is 6.64. The summed E-state index contributed by atoms with van der Waals surface area (Å²) in [5.41, 5.74) is 1.26. The summed E-state index contributed by atoms with van der Waals surface area (Å²) in [7, 11) is 3.13. The third kappa shape index (κ3) is 2.51. The van der Waals surface area contributed by atoms with E-state index >= 15 is 0 Å². The van der Waals surface area contributed by atoms with Gasteiger partial charge in [-0.3, -0.25) is 9.59 Å². The maximum absolute atomic E-state index is 13.9. The Bertz CT molecular complexity index is 1650. The summed E-state index contributed by atoms with van der Waals surface area (Å²) in [5.74, 6) is 2.21. The number of ether oxygens (including phenoxy) is 4. The van der Waals surface area contributed by atoms with Crippen LogP contribution >= 0.6 is 0 Å². The van der Waals surface area contributed by atoms with Crippen LogP contribution in [0.3, 0.4) is 0 Å². The molecular weight excluding hydrogens is 432 g/mol. The van der Waals surface area contributed by atoms with E-state index in [0.29, 0.717) is 57.8 Å². The van der Waals surface area contributed by atoms with Gasteiger partial charge in [-0.25, -0.2) is 0 Å². The van der Waals surface area contributed by atoms with E-state index in [0.717, 1.165) is 32.7 Å². The molecule has 6 nitrogen and oxygen atoms in total. The average molecular weight is 454 g/mol. The highest BCUT2D eigenvalue weighted by Crippen LogP contribution is 2.50. The number of hydrogen-bond acceptors (Lipinski definition) is 6. The standard InChI is InChI=1S/C28H22O6/c1-5-33-21-11-19-25-23-15(21)7-13(31-3)9-17(23)28(30)20-12-22(34-6-2)16-8-14(32-4)10-18(27(19)29)24(16)26(20)25/h7-12H,5-6H2,1-4H3. The lowest BCUT2D eigenvalue weighted by molar-refractivity contribution is 0.344. The van der Waals surface area contributed by atoms with Gasteiger partial charge in [-0.15, -0.1) is 0 Å². The van der Waals surface area contributed by atoms with Gasteiger partial charge in [0.05, 0.1) is 27.4 Å². The van der Waals surface area contributed by atoms with Crippen molar-refractivity contribution in [2.75, 3.05) is 27.4 Å². The van der Waals surface area contributed by atoms with Crippen molar-refractivity contribution in [2.45, 2.75) is 13.8 Å². The summed E-state index contributed by atoms with van der Waals surface area (Å²) in [5, 5.41) is 4.96. The highest BCUT2D eigenvalue weighted by atomic mass is 16.5. The number of methoxy groups -OCH3 is 2. The van der Waals surface area contributed by atoms with Crippen LogP contribution in [0.4, 0.5) is 0 Å². The van der Waals surface area contributed by atoms with Crippen LogP contribution in [-0.4, -0.2) is 27.4 Å². The normalized spacial score (nSPS) is 12.0. The lowest BCUT2D eigenvalue weighted by Gasteiger charge is -2.24. The molecule has 0 spiro atoms. The van der Waals surface area contributed by atoms with Gasteiger partial charge >= 0.3 is 0 Å². The van der Waals surface area contributed by atoms with E-state index in [9.17, 15) is 9.59 Å². The maximum atomic E-state index is 13.9. The van der Waals surface area contributed by atoms with Gasteiger partial charge < -0.3 is 18.9 Å². The third-order valence-electron chi connectivity index (χ3n) is 6.64. The van der Waals surface area contributed by atoms with Crippen LogP contribution in [0.1, 0.15) is 13.8 Å². The van der Waals surface area contributed by atoms with E-state index in [1.165, 1.54) is 0 Å². The molecule has 0 amide bonds. The van der Waals surface area contributed by atoms with Crippen molar-refractivity contribution in [3.63, 3.8) is 0 Å². The fourth-order valence-electron chi connectivity index (χ4n) is 5.30. The van der Waals surface area contributed by atoms with Gasteiger partial charge in [0.15, 0.2) is 10.9 Å². The highest BCUT2D eigenvalue weighted by Gasteiger charge is 2.29. The largest absolute Gasteiger partial charge is 0.497 e. The highest BCUT2D eigenvalue weighted by molar-refractivity contribution is 6.30. The van der Waals surface area contributed by atoms with Crippen molar-refractivity contribution < 1.29 is 18.9 Å². The maximum Gasteiger partial charge on any atom is 0.194 e. The Balaban J connectivity index is 2.00. The van der Waals surface area contributed by atoms with Crippen molar-refractivity contribution in [3.05, 3.63) is 56.8 Å². The molecule has 2 aliphatic carbocycles. The molecule has 2 aliphatic rings. The zero-order valence-corrected chi connectivity index (χ0v) is 19.3. The first-order valence-corrected chi connectivity index (χ1v) is 11.2. The lowest BCUT2D eigenvalue weighted by atomic mass is 9.80. The van der Waals surface area contributed by atoms with E-state index in [1.54, 1.807) is 38.5 Å². The van der Waals surface area contributed by atoms with Gasteiger partial charge in [0.2, 0.25) is 0 Å². The SMILES string of the molecule is CCOc1cc2c3c4c1cc(OC)cc4c(=O)c1cc(OCC)c4cc(OC)cc(c2=O)c4c1-3. The summed E-state index contributed by atoms with van der Waals surface area (Å²) < 4.78 is 22.9. The molecule has 0 saturated heterocycles. The molecule has 0 aliphatic heterocycles.